The normalized spacial score (nSPS) is 12.4. The highest BCUT2D eigenvalue weighted by atomic mass is 32.2. The van der Waals surface area contributed by atoms with Crippen molar-refractivity contribution in [2.24, 2.45) is 0 Å². The van der Waals surface area contributed by atoms with Crippen LogP contribution in [-0.2, 0) is 4.79 Å². The van der Waals surface area contributed by atoms with Crippen LogP contribution in [0, 0.1) is 11.3 Å². The van der Waals surface area contributed by atoms with Gasteiger partial charge in [0.15, 0.2) is 11.5 Å². The van der Waals surface area contributed by atoms with Crippen LogP contribution in [0.1, 0.15) is 5.56 Å². The number of ether oxygens (including phenoxy) is 2. The molecule has 27 heavy (non-hydrogen) atoms. The minimum Gasteiger partial charge on any atom is -0.486 e. The van der Waals surface area contributed by atoms with Gasteiger partial charge in [0.05, 0.1) is 16.8 Å². The van der Waals surface area contributed by atoms with E-state index in [9.17, 15) is 10.1 Å². The number of fused-ring (bicyclic) bond motifs is 2. The van der Waals surface area contributed by atoms with E-state index in [-0.39, 0.29) is 11.7 Å². The third-order valence-electron chi connectivity index (χ3n) is 3.96. The Labute approximate surface area is 160 Å². The first-order chi connectivity index (χ1) is 13.2. The molecule has 0 atom stereocenters. The molecule has 0 saturated heterocycles. The number of hydrogen-bond acceptors (Lipinski definition) is 6. The van der Waals surface area contributed by atoms with Crippen molar-refractivity contribution >= 4 is 34.3 Å². The maximum Gasteiger partial charge on any atom is 0.234 e. The quantitative estimate of drug-likeness (QED) is 0.699. The minimum atomic E-state index is -0.154. The first kappa shape index (κ1) is 17.2. The van der Waals surface area contributed by atoms with Gasteiger partial charge in [-0.1, -0.05) is 30.0 Å². The van der Waals surface area contributed by atoms with E-state index >= 15 is 0 Å². The summed E-state index contributed by atoms with van der Waals surface area (Å²) < 4.78 is 11.2. The average Bonchev–Trinajstić information content (AvgIpc) is 2.70. The summed E-state index contributed by atoms with van der Waals surface area (Å²) in [4.78, 5) is 16.7. The van der Waals surface area contributed by atoms with Gasteiger partial charge in [0.2, 0.25) is 5.91 Å². The van der Waals surface area contributed by atoms with Crippen LogP contribution in [0.2, 0.25) is 0 Å². The van der Waals surface area contributed by atoms with E-state index in [0.29, 0.717) is 40.8 Å². The predicted molar refractivity (Wildman–Crippen MR) is 103 cm³/mol. The number of para-hydroxylation sites is 1. The smallest absolute Gasteiger partial charge is 0.234 e. The van der Waals surface area contributed by atoms with E-state index in [2.05, 4.69) is 16.4 Å². The lowest BCUT2D eigenvalue weighted by atomic mass is 10.1. The summed E-state index contributed by atoms with van der Waals surface area (Å²) >= 11 is 1.23. The van der Waals surface area contributed by atoms with Crippen molar-refractivity contribution in [2.75, 3.05) is 24.3 Å². The molecule has 1 aliphatic heterocycles. The molecule has 0 bridgehead atoms. The van der Waals surface area contributed by atoms with Crippen LogP contribution >= 0.6 is 11.8 Å². The summed E-state index contributed by atoms with van der Waals surface area (Å²) in [6, 6.07) is 16.8. The number of pyridine rings is 1. The fourth-order valence-corrected chi connectivity index (χ4v) is 3.50. The number of benzene rings is 2. The van der Waals surface area contributed by atoms with Crippen molar-refractivity contribution in [3.63, 3.8) is 0 Å². The second-order valence-electron chi connectivity index (χ2n) is 5.84. The first-order valence-electron chi connectivity index (χ1n) is 8.35. The molecule has 6 nitrogen and oxygen atoms in total. The molecule has 134 valence electrons. The van der Waals surface area contributed by atoms with Gasteiger partial charge in [0.25, 0.3) is 0 Å². The number of hydrogen-bond donors (Lipinski definition) is 1. The van der Waals surface area contributed by atoms with Crippen LogP contribution in [0.3, 0.4) is 0 Å². The molecule has 2 aromatic carbocycles. The Morgan fingerprint density at radius 3 is 2.63 bits per heavy atom. The van der Waals surface area contributed by atoms with Crippen LogP contribution in [0.4, 0.5) is 5.69 Å². The summed E-state index contributed by atoms with van der Waals surface area (Å²) in [5, 5.41) is 13.6. The molecule has 0 fully saturated rings. The molecule has 4 rings (SSSR count). The number of nitriles is 1. The van der Waals surface area contributed by atoms with E-state index in [1.807, 2.05) is 36.4 Å². The lowest BCUT2D eigenvalue weighted by molar-refractivity contribution is -0.113. The fraction of sp³-hybridized carbons (Fsp3) is 0.150. The molecule has 0 saturated carbocycles. The number of rotatable bonds is 4. The second kappa shape index (κ2) is 7.56. The molecule has 0 aliphatic carbocycles. The molecule has 0 radical (unpaired) electrons. The third kappa shape index (κ3) is 3.81. The molecule has 2 heterocycles. The number of nitrogens with zero attached hydrogens (tertiary/aromatic N) is 2. The summed E-state index contributed by atoms with van der Waals surface area (Å²) in [5.74, 6) is 1.30. The van der Waals surface area contributed by atoms with Crippen molar-refractivity contribution < 1.29 is 14.3 Å². The maximum atomic E-state index is 12.2. The lowest BCUT2D eigenvalue weighted by Crippen LogP contribution is -2.15. The van der Waals surface area contributed by atoms with Crippen LogP contribution in [0.25, 0.3) is 10.9 Å². The highest BCUT2D eigenvalue weighted by Gasteiger charge is 2.16. The number of nitrogens with one attached hydrogen (secondary N) is 1. The molecule has 1 aromatic heterocycles. The highest BCUT2D eigenvalue weighted by Crippen LogP contribution is 2.35. The van der Waals surface area contributed by atoms with Gasteiger partial charge in [-0.25, -0.2) is 4.98 Å². The summed E-state index contributed by atoms with van der Waals surface area (Å²) in [6.07, 6.45) is 0. The number of anilines is 1. The number of amides is 1. The molecule has 1 N–H and O–H groups in total. The Kier molecular flexibility index (Phi) is 4.81. The van der Waals surface area contributed by atoms with Gasteiger partial charge >= 0.3 is 0 Å². The van der Waals surface area contributed by atoms with E-state index in [0.717, 1.165) is 11.1 Å². The average molecular weight is 377 g/mol. The van der Waals surface area contributed by atoms with Gasteiger partial charge in [-0.2, -0.15) is 5.26 Å². The number of thioether (sulfide) groups is 1. The Morgan fingerprint density at radius 1 is 1.15 bits per heavy atom. The predicted octanol–water partition coefficient (Wildman–Crippen LogP) is 3.61. The molecule has 1 aliphatic rings. The molecule has 1 amide bonds. The van der Waals surface area contributed by atoms with Crippen LogP contribution in [0.5, 0.6) is 11.5 Å². The lowest BCUT2D eigenvalue weighted by Gasteiger charge is -2.18. The van der Waals surface area contributed by atoms with Crippen LogP contribution in [0.15, 0.2) is 53.6 Å². The van der Waals surface area contributed by atoms with Crippen molar-refractivity contribution in [1.29, 1.82) is 5.26 Å². The minimum absolute atomic E-state index is 0.154. The zero-order valence-corrected chi connectivity index (χ0v) is 15.1. The Morgan fingerprint density at radius 2 is 1.89 bits per heavy atom. The molecule has 0 spiro atoms. The SMILES string of the molecule is N#Cc1cc2cc3c(cc2nc1SCC(=O)Nc1ccccc1)OCCO3. The van der Waals surface area contributed by atoms with Crippen LogP contribution < -0.4 is 14.8 Å². The van der Waals surface area contributed by atoms with E-state index in [4.69, 9.17) is 9.47 Å². The molecule has 3 aromatic rings. The largest absolute Gasteiger partial charge is 0.486 e. The van der Waals surface area contributed by atoms with Gasteiger partial charge in [-0.3, -0.25) is 4.79 Å². The summed E-state index contributed by atoms with van der Waals surface area (Å²) in [5.41, 5.74) is 1.86. The van der Waals surface area contributed by atoms with Crippen molar-refractivity contribution in [1.82, 2.24) is 4.98 Å². The van der Waals surface area contributed by atoms with E-state index in [1.54, 1.807) is 12.1 Å². The highest BCUT2D eigenvalue weighted by molar-refractivity contribution is 8.00. The van der Waals surface area contributed by atoms with Crippen molar-refractivity contribution in [3.05, 3.63) is 54.1 Å². The van der Waals surface area contributed by atoms with Gasteiger partial charge in [-0.05, 0) is 24.3 Å². The summed E-state index contributed by atoms with van der Waals surface area (Å²) in [7, 11) is 0. The van der Waals surface area contributed by atoms with Crippen molar-refractivity contribution in [2.45, 2.75) is 5.03 Å². The third-order valence-corrected chi connectivity index (χ3v) is 4.95. The van der Waals surface area contributed by atoms with Crippen molar-refractivity contribution in [3.8, 4) is 17.6 Å². The fourth-order valence-electron chi connectivity index (χ4n) is 2.74. The standard InChI is InChI=1S/C20H15N3O3S/c21-11-14-8-13-9-17-18(26-7-6-25-17)10-16(13)23-20(14)27-12-19(24)22-15-4-2-1-3-5-15/h1-5,8-10H,6-7,12H2,(H,22,24). The molecular weight excluding hydrogens is 362 g/mol. The monoisotopic (exact) mass is 377 g/mol. The number of carbonyl (C=O) groups is 1. The summed E-state index contributed by atoms with van der Waals surface area (Å²) in [6.45, 7) is 0.998. The van der Waals surface area contributed by atoms with Gasteiger partial charge < -0.3 is 14.8 Å². The van der Waals surface area contributed by atoms with Gasteiger partial charge in [-0.15, -0.1) is 0 Å². The molecule has 0 unspecified atom stereocenters. The molecule has 7 heteroatoms. The Balaban J connectivity index is 1.55. The van der Waals surface area contributed by atoms with Gasteiger partial charge in [0, 0.05) is 17.1 Å². The second-order valence-corrected chi connectivity index (χ2v) is 6.81. The van der Waals surface area contributed by atoms with Crippen LogP contribution in [-0.4, -0.2) is 29.9 Å². The topological polar surface area (TPSA) is 84.2 Å². The Hall–Kier alpha value is -3.24. The van der Waals surface area contributed by atoms with E-state index < -0.39 is 0 Å². The maximum absolute atomic E-state index is 12.2. The zero-order chi connectivity index (χ0) is 18.6. The first-order valence-corrected chi connectivity index (χ1v) is 9.34. The number of aromatic nitrogens is 1. The number of carbonyl (C=O) groups excluding carboxylic acids is 1. The zero-order valence-electron chi connectivity index (χ0n) is 14.3. The van der Waals surface area contributed by atoms with Gasteiger partial charge in [0.1, 0.15) is 24.3 Å². The molecular formula is C20H15N3O3S. The van der Waals surface area contributed by atoms with E-state index in [1.165, 1.54) is 11.8 Å². The Bertz CT molecular complexity index is 1050.